The van der Waals surface area contributed by atoms with Crippen molar-refractivity contribution in [3.63, 3.8) is 0 Å². The zero-order valence-electron chi connectivity index (χ0n) is 11.8. The van der Waals surface area contributed by atoms with Crippen LogP contribution in [0.3, 0.4) is 0 Å². The van der Waals surface area contributed by atoms with Crippen LogP contribution in [0.2, 0.25) is 0 Å². The molecule has 0 amide bonds. The van der Waals surface area contributed by atoms with E-state index < -0.39 is 0 Å². The molecule has 19 heavy (non-hydrogen) atoms. The number of rotatable bonds is 7. The molecule has 1 aliphatic rings. The molecule has 0 saturated carbocycles. The van der Waals surface area contributed by atoms with Gasteiger partial charge in [0.1, 0.15) is 5.75 Å². The smallest absolute Gasteiger partial charge is 0.115 e. The molecule has 3 heteroatoms. The number of benzene rings is 1. The van der Waals surface area contributed by atoms with Gasteiger partial charge in [-0.2, -0.15) is 0 Å². The Morgan fingerprint density at radius 2 is 2.26 bits per heavy atom. The second-order valence-electron chi connectivity index (χ2n) is 5.25. The SMILES string of the molecule is CCCCOCCNC1CCCc2cc(O)ccc21. The number of nitrogens with one attached hydrogen (secondary N) is 1. The number of phenols is 1. The number of hydrogen-bond donors (Lipinski definition) is 2. The van der Waals surface area contributed by atoms with Crippen molar-refractivity contribution < 1.29 is 9.84 Å². The first kappa shape index (κ1) is 14.4. The normalized spacial score (nSPS) is 18.3. The van der Waals surface area contributed by atoms with E-state index in [9.17, 15) is 5.11 Å². The molecule has 0 fully saturated rings. The van der Waals surface area contributed by atoms with E-state index in [1.165, 1.54) is 30.4 Å². The summed E-state index contributed by atoms with van der Waals surface area (Å²) in [7, 11) is 0. The summed E-state index contributed by atoms with van der Waals surface area (Å²) in [6.07, 6.45) is 5.77. The van der Waals surface area contributed by atoms with E-state index in [1.54, 1.807) is 6.07 Å². The van der Waals surface area contributed by atoms with Gasteiger partial charge in [-0.05, 0) is 48.9 Å². The van der Waals surface area contributed by atoms with Crippen molar-refractivity contribution in [2.24, 2.45) is 0 Å². The molecule has 0 aliphatic heterocycles. The van der Waals surface area contributed by atoms with Crippen LogP contribution in [0.15, 0.2) is 18.2 Å². The van der Waals surface area contributed by atoms with Crippen LogP contribution in [0.5, 0.6) is 5.75 Å². The van der Waals surface area contributed by atoms with Gasteiger partial charge >= 0.3 is 0 Å². The lowest BCUT2D eigenvalue weighted by molar-refractivity contribution is 0.130. The van der Waals surface area contributed by atoms with E-state index in [2.05, 4.69) is 18.3 Å². The predicted octanol–water partition coefficient (Wildman–Crippen LogP) is 3.18. The molecule has 106 valence electrons. The number of hydrogen-bond acceptors (Lipinski definition) is 3. The summed E-state index contributed by atoms with van der Waals surface area (Å²) in [4.78, 5) is 0. The molecular weight excluding hydrogens is 238 g/mol. The molecule has 1 atom stereocenters. The lowest BCUT2D eigenvalue weighted by atomic mass is 9.87. The third-order valence-electron chi connectivity index (χ3n) is 3.72. The molecule has 1 unspecified atom stereocenters. The van der Waals surface area contributed by atoms with Crippen molar-refractivity contribution in [2.75, 3.05) is 19.8 Å². The first-order valence-corrected chi connectivity index (χ1v) is 7.44. The second kappa shape index (κ2) is 7.51. The highest BCUT2D eigenvalue weighted by atomic mass is 16.5. The Labute approximate surface area is 116 Å². The molecule has 1 aliphatic carbocycles. The van der Waals surface area contributed by atoms with Crippen LogP contribution in [-0.4, -0.2) is 24.9 Å². The van der Waals surface area contributed by atoms with Gasteiger partial charge in [0.2, 0.25) is 0 Å². The number of ether oxygens (including phenoxy) is 1. The van der Waals surface area contributed by atoms with Crippen molar-refractivity contribution in [1.82, 2.24) is 5.32 Å². The summed E-state index contributed by atoms with van der Waals surface area (Å²) >= 11 is 0. The first-order chi connectivity index (χ1) is 9.31. The number of phenolic OH excluding ortho intramolecular Hbond substituents is 1. The maximum absolute atomic E-state index is 9.53. The molecular formula is C16H25NO2. The molecule has 0 bridgehead atoms. The van der Waals surface area contributed by atoms with Gasteiger partial charge in [0.25, 0.3) is 0 Å². The Morgan fingerprint density at radius 3 is 3.11 bits per heavy atom. The van der Waals surface area contributed by atoms with Gasteiger partial charge < -0.3 is 15.2 Å². The van der Waals surface area contributed by atoms with Gasteiger partial charge in [-0.15, -0.1) is 0 Å². The summed E-state index contributed by atoms with van der Waals surface area (Å²) in [5.74, 6) is 0.377. The molecule has 2 rings (SSSR count). The van der Waals surface area contributed by atoms with Crippen LogP contribution < -0.4 is 5.32 Å². The van der Waals surface area contributed by atoms with Crippen LogP contribution in [0.25, 0.3) is 0 Å². The topological polar surface area (TPSA) is 41.5 Å². The fourth-order valence-electron chi connectivity index (χ4n) is 2.67. The maximum Gasteiger partial charge on any atom is 0.115 e. The lowest BCUT2D eigenvalue weighted by Gasteiger charge is -2.26. The summed E-state index contributed by atoms with van der Waals surface area (Å²) in [5, 5.41) is 13.1. The van der Waals surface area contributed by atoms with Gasteiger partial charge in [0.05, 0.1) is 6.61 Å². The Bertz CT molecular complexity index is 392. The Hall–Kier alpha value is -1.06. The minimum atomic E-state index is 0.377. The third kappa shape index (κ3) is 4.22. The van der Waals surface area contributed by atoms with E-state index in [0.717, 1.165) is 32.6 Å². The average Bonchev–Trinajstić information content (AvgIpc) is 2.42. The molecule has 0 spiro atoms. The summed E-state index contributed by atoms with van der Waals surface area (Å²) in [6, 6.07) is 6.16. The van der Waals surface area contributed by atoms with Crippen molar-refractivity contribution >= 4 is 0 Å². The second-order valence-corrected chi connectivity index (χ2v) is 5.25. The van der Waals surface area contributed by atoms with Crippen molar-refractivity contribution in [2.45, 2.75) is 45.1 Å². The molecule has 1 aromatic carbocycles. The first-order valence-electron chi connectivity index (χ1n) is 7.44. The third-order valence-corrected chi connectivity index (χ3v) is 3.72. The van der Waals surface area contributed by atoms with Crippen LogP contribution in [0.1, 0.15) is 49.8 Å². The molecule has 1 aromatic rings. The molecule has 0 heterocycles. The zero-order chi connectivity index (χ0) is 13.5. The fraction of sp³-hybridized carbons (Fsp3) is 0.625. The highest BCUT2D eigenvalue weighted by molar-refractivity contribution is 5.38. The standard InChI is InChI=1S/C16H25NO2/c1-2-3-10-19-11-9-17-16-6-4-5-13-12-14(18)7-8-15(13)16/h7-8,12,16-18H,2-6,9-11H2,1H3. The Morgan fingerprint density at radius 1 is 1.37 bits per heavy atom. The van der Waals surface area contributed by atoms with E-state index >= 15 is 0 Å². The summed E-state index contributed by atoms with van der Waals surface area (Å²) in [6.45, 7) is 4.72. The number of unbranched alkanes of at least 4 members (excludes halogenated alkanes) is 1. The summed E-state index contributed by atoms with van der Waals surface area (Å²) in [5.41, 5.74) is 2.63. The molecule has 0 saturated heterocycles. The van der Waals surface area contributed by atoms with Gasteiger partial charge in [0.15, 0.2) is 0 Å². The highest BCUT2D eigenvalue weighted by Crippen LogP contribution is 2.31. The number of aromatic hydroxyl groups is 1. The number of fused-ring (bicyclic) bond motifs is 1. The molecule has 0 radical (unpaired) electrons. The molecule has 2 N–H and O–H groups in total. The van der Waals surface area contributed by atoms with Gasteiger partial charge in [-0.25, -0.2) is 0 Å². The quantitative estimate of drug-likeness (QED) is 0.742. The van der Waals surface area contributed by atoms with E-state index in [0.29, 0.717) is 11.8 Å². The number of aryl methyl sites for hydroxylation is 1. The summed E-state index contributed by atoms with van der Waals surface area (Å²) < 4.78 is 5.57. The van der Waals surface area contributed by atoms with Gasteiger partial charge in [-0.1, -0.05) is 19.4 Å². The van der Waals surface area contributed by atoms with Crippen LogP contribution in [-0.2, 0) is 11.2 Å². The fourth-order valence-corrected chi connectivity index (χ4v) is 2.67. The van der Waals surface area contributed by atoms with Gasteiger partial charge in [0, 0.05) is 19.2 Å². The Balaban J connectivity index is 1.79. The predicted molar refractivity (Wildman–Crippen MR) is 77.5 cm³/mol. The minimum absolute atomic E-state index is 0.377. The van der Waals surface area contributed by atoms with Crippen molar-refractivity contribution in [3.05, 3.63) is 29.3 Å². The largest absolute Gasteiger partial charge is 0.508 e. The highest BCUT2D eigenvalue weighted by Gasteiger charge is 2.19. The lowest BCUT2D eigenvalue weighted by Crippen LogP contribution is -2.28. The molecule has 3 nitrogen and oxygen atoms in total. The van der Waals surface area contributed by atoms with Crippen LogP contribution >= 0.6 is 0 Å². The van der Waals surface area contributed by atoms with E-state index in [-0.39, 0.29) is 0 Å². The minimum Gasteiger partial charge on any atom is -0.508 e. The van der Waals surface area contributed by atoms with Gasteiger partial charge in [-0.3, -0.25) is 0 Å². The monoisotopic (exact) mass is 263 g/mol. The zero-order valence-corrected chi connectivity index (χ0v) is 11.8. The average molecular weight is 263 g/mol. The van der Waals surface area contributed by atoms with E-state index in [4.69, 9.17) is 4.74 Å². The van der Waals surface area contributed by atoms with Crippen LogP contribution in [0, 0.1) is 0 Å². The Kier molecular flexibility index (Phi) is 5.67. The van der Waals surface area contributed by atoms with Crippen molar-refractivity contribution in [3.8, 4) is 5.75 Å². The van der Waals surface area contributed by atoms with Crippen molar-refractivity contribution in [1.29, 1.82) is 0 Å². The van der Waals surface area contributed by atoms with Crippen LogP contribution in [0.4, 0.5) is 0 Å². The van der Waals surface area contributed by atoms with E-state index in [1.807, 2.05) is 6.07 Å². The molecule has 0 aromatic heterocycles. The maximum atomic E-state index is 9.53.